The van der Waals surface area contributed by atoms with Gasteiger partial charge < -0.3 is 16.1 Å². The third kappa shape index (κ3) is 5.40. The maximum atomic E-state index is 7.51. The van der Waals surface area contributed by atoms with Crippen molar-refractivity contribution in [2.75, 3.05) is 0 Å². The molecule has 0 aliphatic heterocycles. The first-order valence-corrected chi connectivity index (χ1v) is 7.39. The number of nitrogens with one attached hydrogen (secondary N) is 2. The summed E-state index contributed by atoms with van der Waals surface area (Å²) in [6.07, 6.45) is 11.4. The number of hydrogen-bond donors (Lipinski definition) is 3. The molecule has 6 nitrogen and oxygen atoms in total. The van der Waals surface area contributed by atoms with Crippen LogP contribution in [0.5, 0.6) is 0 Å². The van der Waals surface area contributed by atoms with Gasteiger partial charge in [0.05, 0.1) is 11.8 Å². The van der Waals surface area contributed by atoms with Gasteiger partial charge in [0.15, 0.2) is 0 Å². The van der Waals surface area contributed by atoms with Crippen LogP contribution in [0.4, 0.5) is 0 Å². The van der Waals surface area contributed by atoms with Crippen molar-refractivity contribution in [3.05, 3.63) is 43.1 Å². The molecule has 0 saturated heterocycles. The van der Waals surface area contributed by atoms with Crippen molar-refractivity contribution < 1.29 is 1.43 Å². The van der Waals surface area contributed by atoms with Crippen molar-refractivity contribution in [2.24, 2.45) is 11.7 Å². The lowest BCUT2D eigenvalue weighted by Gasteiger charge is -2.18. The van der Waals surface area contributed by atoms with Gasteiger partial charge in [-0.3, -0.25) is 0 Å². The molecule has 1 aliphatic carbocycles. The van der Waals surface area contributed by atoms with Gasteiger partial charge in [-0.05, 0) is 12.0 Å². The van der Waals surface area contributed by atoms with E-state index in [9.17, 15) is 0 Å². The minimum Gasteiger partial charge on any atom is -0.404 e. The summed E-state index contributed by atoms with van der Waals surface area (Å²) < 4.78 is 0. The molecule has 2 aromatic rings. The third-order valence-electron chi connectivity index (χ3n) is 3.45. The molecule has 0 spiro atoms. The zero-order valence-electron chi connectivity index (χ0n) is 13.3. The molecule has 2 aromatic heterocycles. The number of nitrogens with two attached hydrogens (primary N) is 1. The van der Waals surface area contributed by atoms with Gasteiger partial charge in [-0.2, -0.15) is 5.26 Å². The standard InChI is InChI=1S/C9H9N5.C5H10.C3H3N.H2/c10-3-6(4-11)8-7-1-2-12-9(7)14-5-13-8;1-5-3-2-4-5;1-2-3-4;/h1-5,10H,11H2,(H,12,13,14);5H,2-4H2,1H3;2H,1H2;1H/b6-4+,10-3?;;;. The fourth-order valence-corrected chi connectivity index (χ4v) is 1.91. The number of nitrogens with zero attached hydrogens (tertiary/aromatic N) is 3. The molecule has 0 radical (unpaired) electrons. The number of rotatable bonds is 2. The summed E-state index contributed by atoms with van der Waals surface area (Å²) in [6, 6.07) is 3.55. The first-order valence-electron chi connectivity index (χ1n) is 7.39. The van der Waals surface area contributed by atoms with E-state index in [0.29, 0.717) is 11.3 Å². The van der Waals surface area contributed by atoms with Crippen molar-refractivity contribution in [3.8, 4) is 6.07 Å². The Morgan fingerprint density at radius 1 is 1.57 bits per heavy atom. The monoisotopic (exact) mass is 312 g/mol. The maximum absolute atomic E-state index is 7.51. The Kier molecular flexibility index (Phi) is 7.79. The third-order valence-corrected chi connectivity index (χ3v) is 3.45. The van der Waals surface area contributed by atoms with E-state index in [1.54, 1.807) is 12.3 Å². The molecule has 122 valence electrons. The zero-order chi connectivity index (χ0) is 17.1. The van der Waals surface area contributed by atoms with Crippen molar-refractivity contribution in [3.63, 3.8) is 0 Å². The van der Waals surface area contributed by atoms with E-state index in [2.05, 4.69) is 28.5 Å². The summed E-state index contributed by atoms with van der Waals surface area (Å²) in [5, 5.41) is 15.6. The number of aromatic nitrogens is 3. The van der Waals surface area contributed by atoms with Crippen molar-refractivity contribution >= 4 is 22.8 Å². The lowest BCUT2D eigenvalue weighted by Crippen LogP contribution is -2.04. The second-order valence-corrected chi connectivity index (χ2v) is 5.10. The van der Waals surface area contributed by atoms with Gasteiger partial charge in [0.25, 0.3) is 0 Å². The summed E-state index contributed by atoms with van der Waals surface area (Å²) in [5.74, 6) is 1.06. The van der Waals surface area contributed by atoms with Crippen LogP contribution < -0.4 is 5.73 Å². The van der Waals surface area contributed by atoms with Crippen molar-refractivity contribution in [2.45, 2.75) is 26.2 Å². The van der Waals surface area contributed by atoms with Crippen LogP contribution in [-0.4, -0.2) is 21.2 Å². The quantitative estimate of drug-likeness (QED) is 0.579. The fourth-order valence-electron chi connectivity index (χ4n) is 1.91. The van der Waals surface area contributed by atoms with Crippen molar-refractivity contribution in [1.29, 1.82) is 10.7 Å². The highest BCUT2D eigenvalue weighted by molar-refractivity contribution is 6.11. The van der Waals surface area contributed by atoms with E-state index in [0.717, 1.165) is 17.0 Å². The van der Waals surface area contributed by atoms with Gasteiger partial charge >= 0.3 is 0 Å². The van der Waals surface area contributed by atoms with E-state index in [-0.39, 0.29) is 1.43 Å². The number of H-pyrrole nitrogens is 1. The number of allylic oxidation sites excluding steroid dienone is 2. The number of nitriles is 1. The van der Waals surface area contributed by atoms with Crippen LogP contribution in [0, 0.1) is 22.7 Å². The molecule has 0 unspecified atom stereocenters. The number of aromatic amines is 1. The van der Waals surface area contributed by atoms with Gasteiger partial charge in [0.1, 0.15) is 12.0 Å². The Balaban J connectivity index is 0.000000440. The molecule has 2 heterocycles. The summed E-state index contributed by atoms with van der Waals surface area (Å²) in [4.78, 5) is 11.1. The predicted molar refractivity (Wildman–Crippen MR) is 95.8 cm³/mol. The summed E-state index contributed by atoms with van der Waals surface area (Å²) in [6.45, 7) is 5.43. The number of fused-ring (bicyclic) bond motifs is 1. The highest BCUT2D eigenvalue weighted by Gasteiger charge is 2.09. The first kappa shape index (κ1) is 18.1. The molecule has 3 rings (SSSR count). The summed E-state index contributed by atoms with van der Waals surface area (Å²) in [7, 11) is 0. The van der Waals surface area contributed by atoms with E-state index in [1.807, 2.05) is 6.07 Å². The summed E-state index contributed by atoms with van der Waals surface area (Å²) in [5.41, 5.74) is 7.39. The molecule has 0 amide bonds. The van der Waals surface area contributed by atoms with E-state index < -0.39 is 0 Å². The molecule has 1 aliphatic rings. The van der Waals surface area contributed by atoms with Gasteiger partial charge in [-0.25, -0.2) is 9.97 Å². The Bertz CT molecular complexity index is 709. The topological polar surface area (TPSA) is 115 Å². The summed E-state index contributed by atoms with van der Waals surface area (Å²) >= 11 is 0. The first-order chi connectivity index (χ1) is 11.2. The molecule has 6 heteroatoms. The fraction of sp³-hybridized carbons (Fsp3) is 0.294. The van der Waals surface area contributed by atoms with Crippen LogP contribution in [-0.2, 0) is 0 Å². The normalized spacial score (nSPS) is 13.5. The Labute approximate surface area is 137 Å². The second-order valence-electron chi connectivity index (χ2n) is 5.10. The SMILES string of the molecule is C=CC#N.CC1CCC1.N=C/C(=C\N)c1ncnc2[nH]ccc12.[HH]. The molecule has 0 aromatic carbocycles. The minimum atomic E-state index is 0. The highest BCUT2D eigenvalue weighted by Crippen LogP contribution is 2.24. The lowest BCUT2D eigenvalue weighted by atomic mass is 9.88. The average Bonchev–Trinajstić information content (AvgIpc) is 3.04. The van der Waals surface area contributed by atoms with E-state index in [1.165, 1.54) is 44.1 Å². The molecule has 0 atom stereocenters. The van der Waals surface area contributed by atoms with E-state index >= 15 is 0 Å². The van der Waals surface area contributed by atoms with E-state index in [4.69, 9.17) is 16.4 Å². The molecule has 0 bridgehead atoms. The molecule has 1 saturated carbocycles. The highest BCUT2D eigenvalue weighted by atomic mass is 14.9. The predicted octanol–water partition coefficient (Wildman–Crippen LogP) is 3.66. The second kappa shape index (κ2) is 9.90. The largest absolute Gasteiger partial charge is 0.404 e. The van der Waals surface area contributed by atoms with Gasteiger partial charge in [0, 0.05) is 37.1 Å². The molecular formula is C17H24N6. The minimum absolute atomic E-state index is 0. The Morgan fingerprint density at radius 3 is 2.65 bits per heavy atom. The average molecular weight is 312 g/mol. The maximum Gasteiger partial charge on any atom is 0.141 e. The van der Waals surface area contributed by atoms with Crippen LogP contribution in [0.15, 0.2) is 37.4 Å². The van der Waals surface area contributed by atoms with Crippen LogP contribution in [0.2, 0.25) is 0 Å². The van der Waals surface area contributed by atoms with Gasteiger partial charge in [-0.1, -0.05) is 32.8 Å². The molecule has 1 fully saturated rings. The molecular weight excluding hydrogens is 288 g/mol. The van der Waals surface area contributed by atoms with Crippen LogP contribution in [0.3, 0.4) is 0 Å². The smallest absolute Gasteiger partial charge is 0.141 e. The lowest BCUT2D eigenvalue weighted by molar-refractivity contribution is 0.346. The molecule has 23 heavy (non-hydrogen) atoms. The van der Waals surface area contributed by atoms with Gasteiger partial charge in [0.2, 0.25) is 0 Å². The Hall–Kier alpha value is -2.94. The van der Waals surface area contributed by atoms with Crippen LogP contribution >= 0.6 is 0 Å². The number of hydrogen-bond acceptors (Lipinski definition) is 5. The van der Waals surface area contributed by atoms with Crippen LogP contribution in [0.25, 0.3) is 16.6 Å². The zero-order valence-corrected chi connectivity index (χ0v) is 13.3. The molecule has 4 N–H and O–H groups in total. The van der Waals surface area contributed by atoms with Gasteiger partial charge in [-0.15, -0.1) is 0 Å². The van der Waals surface area contributed by atoms with Crippen molar-refractivity contribution in [1.82, 2.24) is 15.0 Å². The van der Waals surface area contributed by atoms with Crippen LogP contribution in [0.1, 0.15) is 33.3 Å². The Morgan fingerprint density at radius 2 is 2.22 bits per heavy atom.